The van der Waals surface area contributed by atoms with Gasteiger partial charge in [-0.25, -0.2) is 9.78 Å². The molecule has 0 fully saturated rings. The van der Waals surface area contributed by atoms with Crippen LogP contribution >= 0.6 is 11.3 Å². The fraction of sp³-hybridized carbons (Fsp3) is 0.0417. The van der Waals surface area contributed by atoms with Crippen molar-refractivity contribution >= 4 is 38.3 Å². The van der Waals surface area contributed by atoms with Crippen LogP contribution in [-0.4, -0.2) is 15.9 Å². The summed E-state index contributed by atoms with van der Waals surface area (Å²) in [5.74, 6) is -0.136. The summed E-state index contributed by atoms with van der Waals surface area (Å²) in [7, 11) is 0. The highest BCUT2D eigenvalue weighted by molar-refractivity contribution is 7.17. The van der Waals surface area contributed by atoms with Crippen molar-refractivity contribution in [3.8, 4) is 11.1 Å². The van der Waals surface area contributed by atoms with Gasteiger partial charge >= 0.3 is 5.97 Å². The van der Waals surface area contributed by atoms with E-state index in [1.165, 1.54) is 11.3 Å². The number of thiophene rings is 1. The van der Waals surface area contributed by atoms with E-state index in [9.17, 15) is 9.59 Å². The predicted octanol–water partition coefficient (Wildman–Crippen LogP) is 5.16. The standard InChI is InChI=1S/C24H16N2O3S/c27-22-21-19(16-7-2-1-3-8-16)14-30-23(21)26-20(25-22)13-29-24(28)18-11-10-15-6-4-5-9-17(15)12-18/h1-12,14H,13H2,(H,25,26,27). The van der Waals surface area contributed by atoms with E-state index in [4.69, 9.17) is 4.74 Å². The van der Waals surface area contributed by atoms with Gasteiger partial charge in [0, 0.05) is 10.9 Å². The zero-order chi connectivity index (χ0) is 20.5. The highest BCUT2D eigenvalue weighted by atomic mass is 32.1. The number of nitrogens with one attached hydrogen (secondary N) is 1. The number of hydrogen-bond acceptors (Lipinski definition) is 5. The van der Waals surface area contributed by atoms with E-state index in [0.717, 1.165) is 21.9 Å². The molecule has 0 aliphatic heterocycles. The van der Waals surface area contributed by atoms with Crippen molar-refractivity contribution in [2.24, 2.45) is 0 Å². The molecule has 1 N–H and O–H groups in total. The van der Waals surface area contributed by atoms with Crippen LogP contribution < -0.4 is 5.56 Å². The minimum Gasteiger partial charge on any atom is -0.454 e. The summed E-state index contributed by atoms with van der Waals surface area (Å²) in [5.41, 5.74) is 2.03. The lowest BCUT2D eigenvalue weighted by Crippen LogP contribution is -2.14. The second-order valence-corrected chi connectivity index (χ2v) is 7.70. The first-order chi connectivity index (χ1) is 14.7. The number of benzene rings is 3. The first kappa shape index (κ1) is 18.3. The van der Waals surface area contributed by atoms with E-state index >= 15 is 0 Å². The Kier molecular flexibility index (Phi) is 4.61. The van der Waals surface area contributed by atoms with Gasteiger partial charge < -0.3 is 9.72 Å². The molecule has 0 saturated carbocycles. The van der Waals surface area contributed by atoms with Crippen LogP contribution in [0.2, 0.25) is 0 Å². The summed E-state index contributed by atoms with van der Waals surface area (Å²) in [6.07, 6.45) is 0. The van der Waals surface area contributed by atoms with E-state index in [-0.39, 0.29) is 12.2 Å². The van der Waals surface area contributed by atoms with Gasteiger partial charge in [-0.1, -0.05) is 60.7 Å². The normalized spacial score (nSPS) is 11.1. The number of ether oxygens (including phenoxy) is 1. The van der Waals surface area contributed by atoms with Crippen molar-refractivity contribution in [2.45, 2.75) is 6.61 Å². The summed E-state index contributed by atoms with van der Waals surface area (Å²) in [6.45, 7) is -0.102. The molecule has 2 aromatic heterocycles. The van der Waals surface area contributed by atoms with Crippen molar-refractivity contribution in [3.05, 3.63) is 99.9 Å². The van der Waals surface area contributed by atoms with Gasteiger partial charge in [0.15, 0.2) is 0 Å². The number of carbonyl (C=O) groups is 1. The molecule has 146 valence electrons. The van der Waals surface area contributed by atoms with Crippen molar-refractivity contribution in [3.63, 3.8) is 0 Å². The number of hydrogen-bond donors (Lipinski definition) is 1. The van der Waals surface area contributed by atoms with Crippen LogP contribution in [0.5, 0.6) is 0 Å². The lowest BCUT2D eigenvalue weighted by atomic mass is 10.1. The van der Waals surface area contributed by atoms with Crippen LogP contribution in [0.3, 0.4) is 0 Å². The summed E-state index contributed by atoms with van der Waals surface area (Å²) in [5, 5.41) is 4.49. The Morgan fingerprint density at radius 3 is 2.57 bits per heavy atom. The molecular weight excluding hydrogens is 396 g/mol. The van der Waals surface area contributed by atoms with Crippen LogP contribution in [0.25, 0.3) is 32.1 Å². The molecule has 30 heavy (non-hydrogen) atoms. The Balaban J connectivity index is 1.39. The van der Waals surface area contributed by atoms with Crippen LogP contribution in [-0.2, 0) is 11.3 Å². The Hall–Kier alpha value is -3.77. The first-order valence-corrected chi connectivity index (χ1v) is 10.3. The van der Waals surface area contributed by atoms with Crippen molar-refractivity contribution in [2.75, 3.05) is 0 Å². The Bertz CT molecular complexity index is 1440. The molecule has 3 aromatic carbocycles. The zero-order valence-corrected chi connectivity index (χ0v) is 16.6. The summed E-state index contributed by atoms with van der Waals surface area (Å²) in [6, 6.07) is 22.9. The molecule has 5 nitrogen and oxygen atoms in total. The fourth-order valence-corrected chi connectivity index (χ4v) is 4.39. The van der Waals surface area contributed by atoms with Gasteiger partial charge in [0.05, 0.1) is 10.9 Å². The molecule has 0 radical (unpaired) electrons. The number of nitrogens with zero attached hydrogens (tertiary/aromatic N) is 1. The third-order valence-corrected chi connectivity index (χ3v) is 5.78. The van der Waals surface area contributed by atoms with Gasteiger partial charge in [0.1, 0.15) is 17.3 Å². The number of carbonyl (C=O) groups excluding carboxylic acids is 1. The van der Waals surface area contributed by atoms with E-state index < -0.39 is 5.97 Å². The molecule has 0 spiro atoms. The van der Waals surface area contributed by atoms with Crippen LogP contribution in [0.4, 0.5) is 0 Å². The molecule has 5 aromatic rings. The number of H-pyrrole nitrogens is 1. The molecule has 0 amide bonds. The van der Waals surface area contributed by atoms with Gasteiger partial charge in [-0.3, -0.25) is 4.79 Å². The zero-order valence-electron chi connectivity index (χ0n) is 15.8. The SMILES string of the molecule is O=C(OCc1nc2scc(-c3ccccc3)c2c(=O)[nH]1)c1ccc2ccccc2c1. The van der Waals surface area contributed by atoms with Gasteiger partial charge in [-0.2, -0.15) is 0 Å². The largest absolute Gasteiger partial charge is 0.454 e. The summed E-state index contributed by atoms with van der Waals surface area (Å²) in [4.78, 5) is 33.0. The number of rotatable bonds is 4. The molecule has 6 heteroatoms. The highest BCUT2D eigenvalue weighted by Gasteiger charge is 2.14. The number of fused-ring (bicyclic) bond motifs is 2. The minimum absolute atomic E-state index is 0.102. The molecule has 0 aliphatic rings. The highest BCUT2D eigenvalue weighted by Crippen LogP contribution is 2.30. The molecule has 5 rings (SSSR count). The van der Waals surface area contributed by atoms with Gasteiger partial charge in [0.2, 0.25) is 0 Å². The maximum atomic E-state index is 12.7. The molecule has 0 aliphatic carbocycles. The third-order valence-electron chi connectivity index (χ3n) is 4.90. The fourth-order valence-electron chi connectivity index (χ4n) is 3.43. The quantitative estimate of drug-likeness (QED) is 0.414. The van der Waals surface area contributed by atoms with Gasteiger partial charge in [-0.05, 0) is 28.5 Å². The lowest BCUT2D eigenvalue weighted by molar-refractivity contribution is 0.0462. The number of aromatic nitrogens is 2. The first-order valence-electron chi connectivity index (χ1n) is 9.41. The van der Waals surface area contributed by atoms with E-state index in [0.29, 0.717) is 21.6 Å². The van der Waals surface area contributed by atoms with E-state index in [1.54, 1.807) is 12.1 Å². The van der Waals surface area contributed by atoms with Crippen molar-refractivity contribution in [1.29, 1.82) is 0 Å². The van der Waals surface area contributed by atoms with Gasteiger partial charge in [-0.15, -0.1) is 11.3 Å². The molecule has 0 bridgehead atoms. The lowest BCUT2D eigenvalue weighted by Gasteiger charge is -2.06. The molecule has 0 atom stereocenters. The Morgan fingerprint density at radius 2 is 1.73 bits per heavy atom. The van der Waals surface area contributed by atoms with Crippen LogP contribution in [0, 0.1) is 0 Å². The maximum Gasteiger partial charge on any atom is 0.338 e. The average Bonchev–Trinajstić information content (AvgIpc) is 3.22. The van der Waals surface area contributed by atoms with E-state index in [2.05, 4.69) is 9.97 Å². The summed E-state index contributed by atoms with van der Waals surface area (Å²) < 4.78 is 5.39. The Labute approximate surface area is 175 Å². The van der Waals surface area contributed by atoms with Crippen LogP contribution in [0.1, 0.15) is 16.2 Å². The van der Waals surface area contributed by atoms with Crippen molar-refractivity contribution < 1.29 is 9.53 Å². The topological polar surface area (TPSA) is 72.0 Å². The molecule has 0 unspecified atom stereocenters. The second-order valence-electron chi connectivity index (χ2n) is 6.85. The third kappa shape index (κ3) is 3.38. The summed E-state index contributed by atoms with van der Waals surface area (Å²) >= 11 is 1.40. The monoisotopic (exact) mass is 412 g/mol. The molecule has 2 heterocycles. The van der Waals surface area contributed by atoms with Crippen LogP contribution in [0.15, 0.2) is 83.0 Å². The van der Waals surface area contributed by atoms with E-state index in [1.807, 2.05) is 66.0 Å². The Morgan fingerprint density at radius 1 is 0.967 bits per heavy atom. The minimum atomic E-state index is -0.459. The van der Waals surface area contributed by atoms with Gasteiger partial charge in [0.25, 0.3) is 5.56 Å². The second kappa shape index (κ2) is 7.57. The molecule has 0 saturated heterocycles. The smallest absolute Gasteiger partial charge is 0.338 e. The average molecular weight is 412 g/mol. The predicted molar refractivity (Wildman–Crippen MR) is 119 cm³/mol. The number of esters is 1. The maximum absolute atomic E-state index is 12.7. The molecular formula is C24H16N2O3S. The number of aromatic amines is 1. The van der Waals surface area contributed by atoms with Crippen molar-refractivity contribution in [1.82, 2.24) is 9.97 Å².